The number of phenolic OH excluding ortho intramolecular Hbond substituents is 3. The molecule has 23 nitrogen and oxygen atoms in total. The maximum Gasteiger partial charge on any atom is 0.340 e. The van der Waals surface area contributed by atoms with E-state index in [0.717, 1.165) is 19.3 Å². The summed E-state index contributed by atoms with van der Waals surface area (Å²) in [6, 6.07) is 20.8. The van der Waals surface area contributed by atoms with Crippen LogP contribution in [-0.4, -0.2) is 126 Å². The minimum Gasteiger partial charge on any atom is -0.508 e. The molecule has 1 spiro atoms. The molecular formula is C70H84N6O17. The highest BCUT2D eigenvalue weighted by molar-refractivity contribution is 6.03. The van der Waals surface area contributed by atoms with Gasteiger partial charge in [0.15, 0.2) is 17.2 Å². The number of Topliss-reactive ketones (excluding diaryl/α,β-unsaturated/α-hetero) is 2. The number of ketones is 2. The van der Waals surface area contributed by atoms with E-state index < -0.39 is 113 Å². The van der Waals surface area contributed by atoms with Gasteiger partial charge in [0.2, 0.25) is 35.4 Å². The molecule has 11 N–H and O–H groups in total. The van der Waals surface area contributed by atoms with Gasteiger partial charge in [0.25, 0.3) is 0 Å². The van der Waals surface area contributed by atoms with Crippen molar-refractivity contribution in [1.29, 1.82) is 0 Å². The summed E-state index contributed by atoms with van der Waals surface area (Å²) in [5.74, 6) is -7.83. The van der Waals surface area contributed by atoms with Gasteiger partial charge in [-0.1, -0.05) is 114 Å². The Balaban J connectivity index is 1.03. The summed E-state index contributed by atoms with van der Waals surface area (Å²) in [6.45, 7) is 9.94. The topological polar surface area (TPSA) is 362 Å². The molecule has 0 bridgehead atoms. The van der Waals surface area contributed by atoms with Crippen LogP contribution in [0.3, 0.4) is 0 Å². The van der Waals surface area contributed by atoms with Crippen LogP contribution in [0.4, 0.5) is 0 Å². The normalized spacial score (nSPS) is 15.2. The van der Waals surface area contributed by atoms with E-state index in [1.54, 1.807) is 81.4 Å². The standard InChI is InChI=1S/C70H84N6O17/c1-7-9-10-11-15-33-69(6,68(91)74-52(31-32-61(84)85)63(86)72-53(56(81)8-2)35-43-21-24-45(78)25-22-43)76-65(88)55(36-42-17-13-12-14-18-42)73-66(89)62(41(5)77)75-64(87)54(34-40(3)4)71-60(83)20-16-19-57(82)44-23-28-49-48(37-44)67(90)93-70(49)50-29-26-46(79)38-58(50)92-59-39-47(80)27-30-51(59)70/h12-14,17-18,21-30,37-41,52-55,62,77-80H,7-11,15-16,19-20,31-36H2,1-6H3,(H,71,83)(H,72,86)(H,73,89)(H,74,91)(H,75,87)(H,76,88)(H,84,85)/t41-,52+,53+,54+,55+,62+,69-/m1/s1. The lowest BCUT2D eigenvalue weighted by molar-refractivity contribution is -0.140. The van der Waals surface area contributed by atoms with Crippen molar-refractivity contribution in [2.24, 2.45) is 5.92 Å². The fourth-order valence-electron chi connectivity index (χ4n) is 11.5. The lowest BCUT2D eigenvalue weighted by Gasteiger charge is -2.36. The number of esters is 1. The molecule has 6 amide bonds. The van der Waals surface area contributed by atoms with Crippen LogP contribution >= 0.6 is 0 Å². The molecule has 5 aromatic rings. The zero-order valence-electron chi connectivity index (χ0n) is 53.2. The zero-order valence-corrected chi connectivity index (χ0v) is 53.2. The number of ether oxygens (including phenoxy) is 2. The van der Waals surface area contributed by atoms with E-state index in [4.69, 9.17) is 9.47 Å². The molecule has 93 heavy (non-hydrogen) atoms. The van der Waals surface area contributed by atoms with E-state index in [2.05, 4.69) is 31.9 Å². The average Bonchev–Trinajstić information content (AvgIpc) is 1.60. The number of rotatable bonds is 34. The fourth-order valence-corrected chi connectivity index (χ4v) is 11.5. The number of nitrogens with one attached hydrogen (secondary N) is 6. The third-order valence-corrected chi connectivity index (χ3v) is 16.6. The minimum absolute atomic E-state index is 0.00900. The molecule has 0 saturated heterocycles. The van der Waals surface area contributed by atoms with Crippen LogP contribution in [-0.2, 0) is 61.5 Å². The second-order valence-corrected chi connectivity index (χ2v) is 24.5. The zero-order chi connectivity index (χ0) is 67.7. The number of amides is 6. The van der Waals surface area contributed by atoms with Crippen molar-refractivity contribution < 1.29 is 83.0 Å². The molecule has 23 heteroatoms. The molecule has 0 fully saturated rings. The minimum atomic E-state index is -1.81. The maximum absolute atomic E-state index is 14.8. The highest BCUT2D eigenvalue weighted by Gasteiger charge is 2.54. The van der Waals surface area contributed by atoms with Crippen molar-refractivity contribution in [3.05, 3.63) is 148 Å². The molecule has 0 saturated carbocycles. The van der Waals surface area contributed by atoms with Crippen molar-refractivity contribution >= 4 is 58.9 Å². The Hall–Kier alpha value is -9.64. The Labute approximate surface area is 539 Å². The molecule has 2 aliphatic rings. The van der Waals surface area contributed by atoms with Crippen LogP contribution in [0.1, 0.15) is 174 Å². The second-order valence-electron chi connectivity index (χ2n) is 24.5. The van der Waals surface area contributed by atoms with E-state index in [0.29, 0.717) is 40.7 Å². The summed E-state index contributed by atoms with van der Waals surface area (Å²) < 4.78 is 12.2. The van der Waals surface area contributed by atoms with E-state index >= 15 is 0 Å². The molecule has 7 rings (SSSR count). The first-order valence-corrected chi connectivity index (χ1v) is 31.6. The van der Waals surface area contributed by atoms with Gasteiger partial charge in [0.1, 0.15) is 58.5 Å². The monoisotopic (exact) mass is 1280 g/mol. The SMILES string of the molecule is CCCCCCC[C@@](C)(NC(=O)[C@H](Cc1ccccc1)NC(=O)[C@@H](NC(=O)[C@H](CC(C)C)NC(=O)CCCC(=O)c1ccc2c(c1)C(=O)OC21c2ccc(O)cc2Oc2cc(O)ccc21)[C@@H](C)O)C(=O)N[C@@H](CCC(=O)O)C(=O)N[C@@H](Cc1ccc(O)cc1)C(=O)CC. The largest absolute Gasteiger partial charge is 0.508 e. The molecule has 0 radical (unpaired) electrons. The van der Waals surface area contributed by atoms with E-state index in [-0.39, 0.29) is 103 Å². The van der Waals surface area contributed by atoms with Gasteiger partial charge in [0, 0.05) is 66.5 Å². The molecule has 2 aliphatic heterocycles. The molecule has 7 atom stereocenters. The summed E-state index contributed by atoms with van der Waals surface area (Å²) in [5, 5.41) is 67.3. The number of aliphatic carboxylic acids is 1. The van der Waals surface area contributed by atoms with Gasteiger partial charge < -0.3 is 66.9 Å². The smallest absolute Gasteiger partial charge is 0.340 e. The highest BCUT2D eigenvalue weighted by atomic mass is 16.6. The quantitative estimate of drug-likeness (QED) is 0.0111. The number of carboxylic acids is 1. The van der Waals surface area contributed by atoms with E-state index in [9.17, 15) is 73.5 Å². The number of benzene rings is 5. The number of hydrogen-bond acceptors (Lipinski definition) is 16. The van der Waals surface area contributed by atoms with Crippen LogP contribution in [0.15, 0.2) is 109 Å². The van der Waals surface area contributed by atoms with Gasteiger partial charge in [-0.05, 0) is 105 Å². The number of unbranched alkanes of at least 4 members (excludes halogenated alkanes) is 4. The van der Waals surface area contributed by atoms with Crippen LogP contribution < -0.4 is 36.6 Å². The van der Waals surface area contributed by atoms with Crippen molar-refractivity contribution in [1.82, 2.24) is 31.9 Å². The van der Waals surface area contributed by atoms with Crippen molar-refractivity contribution in [3.8, 4) is 28.7 Å². The third-order valence-electron chi connectivity index (χ3n) is 16.6. The highest BCUT2D eigenvalue weighted by Crippen LogP contribution is 2.57. The number of carbonyl (C=O) groups excluding carboxylic acids is 9. The average molecular weight is 1280 g/mol. The number of carboxylic acid groups (broad SMARTS) is 1. The predicted molar refractivity (Wildman–Crippen MR) is 341 cm³/mol. The Kier molecular flexibility index (Phi) is 24.4. The first-order valence-electron chi connectivity index (χ1n) is 31.6. The Morgan fingerprint density at radius 3 is 1.78 bits per heavy atom. The van der Waals surface area contributed by atoms with Gasteiger partial charge in [-0.15, -0.1) is 0 Å². The molecule has 496 valence electrons. The molecule has 0 unspecified atom stereocenters. The summed E-state index contributed by atoms with van der Waals surface area (Å²) in [5.41, 5.74) is -0.713. The van der Waals surface area contributed by atoms with Gasteiger partial charge in [-0.2, -0.15) is 0 Å². The number of aliphatic hydroxyl groups excluding tert-OH is 1. The van der Waals surface area contributed by atoms with Crippen molar-refractivity contribution in [2.75, 3.05) is 0 Å². The first-order chi connectivity index (χ1) is 44.2. The van der Waals surface area contributed by atoms with Gasteiger partial charge >= 0.3 is 11.9 Å². The van der Waals surface area contributed by atoms with Crippen LogP contribution in [0, 0.1) is 5.92 Å². The van der Waals surface area contributed by atoms with Crippen LogP contribution in [0.25, 0.3) is 0 Å². The number of hydrogen-bond donors (Lipinski definition) is 11. The second kappa shape index (κ2) is 32.1. The molecular weight excluding hydrogens is 1200 g/mol. The van der Waals surface area contributed by atoms with Crippen LogP contribution in [0.2, 0.25) is 0 Å². The number of fused-ring (bicyclic) bond motifs is 6. The predicted octanol–water partition coefficient (Wildman–Crippen LogP) is 7.14. The number of phenols is 3. The molecule has 0 aromatic heterocycles. The summed E-state index contributed by atoms with van der Waals surface area (Å²) in [7, 11) is 0. The summed E-state index contributed by atoms with van der Waals surface area (Å²) in [4.78, 5) is 139. The first kappa shape index (κ1) is 70.8. The fraction of sp³-hybridized carbons (Fsp3) is 0.429. The van der Waals surface area contributed by atoms with Gasteiger partial charge in [-0.25, -0.2) is 4.79 Å². The van der Waals surface area contributed by atoms with Crippen molar-refractivity contribution in [3.63, 3.8) is 0 Å². The molecule has 0 aliphatic carbocycles. The Bertz CT molecular complexity index is 3500. The summed E-state index contributed by atoms with van der Waals surface area (Å²) >= 11 is 0. The van der Waals surface area contributed by atoms with Gasteiger partial charge in [0.05, 0.1) is 17.7 Å². The maximum atomic E-state index is 14.8. The van der Waals surface area contributed by atoms with Crippen molar-refractivity contribution in [2.45, 2.75) is 185 Å². The number of aromatic hydroxyl groups is 3. The number of carbonyl (C=O) groups is 10. The third kappa shape index (κ3) is 18.3. The van der Waals surface area contributed by atoms with Gasteiger partial charge in [-0.3, -0.25) is 43.2 Å². The van der Waals surface area contributed by atoms with E-state index in [1.165, 1.54) is 62.4 Å². The van der Waals surface area contributed by atoms with Crippen LogP contribution in [0.5, 0.6) is 28.7 Å². The molecule has 2 heterocycles. The lowest BCUT2D eigenvalue weighted by Crippen LogP contribution is -2.65. The Morgan fingerprint density at radius 1 is 0.581 bits per heavy atom. The summed E-state index contributed by atoms with van der Waals surface area (Å²) in [6.07, 6.45) is 0.803. The number of aliphatic hydroxyl groups is 1. The Morgan fingerprint density at radius 2 is 1.17 bits per heavy atom. The lowest BCUT2D eigenvalue weighted by atomic mass is 9.77. The van der Waals surface area contributed by atoms with E-state index in [1.807, 2.05) is 6.92 Å². The molecule has 5 aromatic carbocycles.